The van der Waals surface area contributed by atoms with E-state index >= 15 is 0 Å². The van der Waals surface area contributed by atoms with Gasteiger partial charge in [-0.15, -0.1) is 0 Å². The van der Waals surface area contributed by atoms with Gasteiger partial charge in [0.2, 0.25) is 10.0 Å². The standard InChI is InChI=1S/C18H19NO5S/c1-3-23-18(20)13(2)12-14-4-6-15(7-5-14)24-16-8-10-17(11-9-16)25(19,21)22/h4-12H,3H2,1-2H3,(H2,19,21,22)/b13-12+. The van der Waals surface area contributed by atoms with Crippen LogP contribution in [0.3, 0.4) is 0 Å². The second-order valence-electron chi connectivity index (χ2n) is 5.24. The number of esters is 1. The minimum absolute atomic E-state index is 0.0229. The first-order valence-corrected chi connectivity index (χ1v) is 9.10. The summed E-state index contributed by atoms with van der Waals surface area (Å²) in [4.78, 5) is 11.6. The third kappa shape index (κ3) is 5.44. The molecule has 25 heavy (non-hydrogen) atoms. The van der Waals surface area contributed by atoms with Crippen LogP contribution in [0.2, 0.25) is 0 Å². The normalized spacial score (nSPS) is 11.9. The van der Waals surface area contributed by atoms with Crippen molar-refractivity contribution in [1.29, 1.82) is 0 Å². The van der Waals surface area contributed by atoms with Crippen LogP contribution in [0.1, 0.15) is 19.4 Å². The third-order valence-electron chi connectivity index (χ3n) is 3.25. The molecule has 0 aromatic heterocycles. The molecular weight excluding hydrogens is 342 g/mol. The molecular formula is C18H19NO5S. The molecule has 0 unspecified atom stereocenters. The maximum Gasteiger partial charge on any atom is 0.333 e. The molecule has 0 fully saturated rings. The summed E-state index contributed by atoms with van der Waals surface area (Å²) >= 11 is 0. The minimum atomic E-state index is -3.72. The summed E-state index contributed by atoms with van der Waals surface area (Å²) in [5.74, 6) is 0.713. The molecule has 0 heterocycles. The predicted molar refractivity (Wildman–Crippen MR) is 94.6 cm³/mol. The number of hydrogen-bond acceptors (Lipinski definition) is 5. The van der Waals surface area contributed by atoms with Gasteiger partial charge in [-0.25, -0.2) is 18.4 Å². The molecule has 0 saturated heterocycles. The average molecular weight is 361 g/mol. The van der Waals surface area contributed by atoms with Crippen LogP contribution in [0, 0.1) is 0 Å². The summed E-state index contributed by atoms with van der Waals surface area (Å²) in [6.45, 7) is 3.78. The Labute approximate surface area is 146 Å². The van der Waals surface area contributed by atoms with E-state index < -0.39 is 10.0 Å². The molecule has 2 aromatic rings. The first-order chi connectivity index (χ1) is 11.8. The van der Waals surface area contributed by atoms with E-state index in [2.05, 4.69) is 0 Å². The van der Waals surface area contributed by atoms with Crippen LogP contribution in [0.25, 0.3) is 6.08 Å². The van der Waals surface area contributed by atoms with Crippen LogP contribution in [-0.4, -0.2) is 21.0 Å². The van der Waals surface area contributed by atoms with Crippen LogP contribution in [0.5, 0.6) is 11.5 Å². The third-order valence-corrected chi connectivity index (χ3v) is 4.18. The Morgan fingerprint density at radius 2 is 1.56 bits per heavy atom. The lowest BCUT2D eigenvalue weighted by atomic mass is 10.1. The Morgan fingerprint density at radius 3 is 2.04 bits per heavy atom. The minimum Gasteiger partial charge on any atom is -0.463 e. The van der Waals surface area contributed by atoms with Gasteiger partial charge in [0.05, 0.1) is 11.5 Å². The lowest BCUT2D eigenvalue weighted by molar-refractivity contribution is -0.138. The first kappa shape index (κ1) is 18.7. The van der Waals surface area contributed by atoms with Gasteiger partial charge in [-0.2, -0.15) is 0 Å². The highest BCUT2D eigenvalue weighted by Crippen LogP contribution is 2.23. The van der Waals surface area contributed by atoms with Gasteiger partial charge in [0, 0.05) is 5.57 Å². The molecule has 0 aliphatic carbocycles. The van der Waals surface area contributed by atoms with Crippen molar-refractivity contribution in [1.82, 2.24) is 0 Å². The van der Waals surface area contributed by atoms with Crippen LogP contribution < -0.4 is 9.88 Å². The van der Waals surface area contributed by atoms with Gasteiger partial charge < -0.3 is 9.47 Å². The van der Waals surface area contributed by atoms with Gasteiger partial charge in [0.15, 0.2) is 0 Å². The smallest absolute Gasteiger partial charge is 0.333 e. The second-order valence-corrected chi connectivity index (χ2v) is 6.80. The summed E-state index contributed by atoms with van der Waals surface area (Å²) in [5, 5.41) is 5.05. The fourth-order valence-corrected chi connectivity index (χ4v) is 2.53. The molecule has 6 nitrogen and oxygen atoms in total. The number of benzene rings is 2. The summed E-state index contributed by atoms with van der Waals surface area (Å²) in [6, 6.07) is 12.9. The van der Waals surface area contributed by atoms with Gasteiger partial charge in [-0.1, -0.05) is 12.1 Å². The average Bonchev–Trinajstić information content (AvgIpc) is 2.56. The molecule has 0 aliphatic rings. The molecule has 2 N–H and O–H groups in total. The Hall–Kier alpha value is -2.64. The fourth-order valence-electron chi connectivity index (χ4n) is 2.02. The first-order valence-electron chi connectivity index (χ1n) is 7.56. The van der Waals surface area contributed by atoms with Crippen molar-refractivity contribution < 1.29 is 22.7 Å². The van der Waals surface area contributed by atoms with Crippen LogP contribution >= 0.6 is 0 Å². The lowest BCUT2D eigenvalue weighted by Crippen LogP contribution is -2.11. The van der Waals surface area contributed by atoms with Crippen molar-refractivity contribution in [3.63, 3.8) is 0 Å². The molecule has 0 saturated carbocycles. The molecule has 0 amide bonds. The van der Waals surface area contributed by atoms with Crippen molar-refractivity contribution in [3.05, 3.63) is 59.7 Å². The highest BCUT2D eigenvalue weighted by molar-refractivity contribution is 7.89. The number of nitrogens with two attached hydrogens (primary N) is 1. The monoisotopic (exact) mass is 361 g/mol. The van der Waals surface area contributed by atoms with Gasteiger partial charge in [0.25, 0.3) is 0 Å². The number of rotatable bonds is 6. The van der Waals surface area contributed by atoms with E-state index in [0.717, 1.165) is 5.56 Å². The van der Waals surface area contributed by atoms with E-state index in [1.54, 1.807) is 44.2 Å². The van der Waals surface area contributed by atoms with E-state index in [1.165, 1.54) is 24.3 Å². The van der Waals surface area contributed by atoms with Crippen molar-refractivity contribution in [2.75, 3.05) is 6.61 Å². The van der Waals surface area contributed by atoms with E-state index in [4.69, 9.17) is 14.6 Å². The molecule has 0 bridgehead atoms. The number of sulfonamides is 1. The summed E-state index contributed by atoms with van der Waals surface area (Å²) in [6.07, 6.45) is 1.72. The Kier molecular flexibility index (Phi) is 5.95. The number of carbonyl (C=O) groups is 1. The lowest BCUT2D eigenvalue weighted by Gasteiger charge is -2.07. The highest BCUT2D eigenvalue weighted by atomic mass is 32.2. The molecule has 0 aliphatic heterocycles. The van der Waals surface area contributed by atoms with E-state index in [9.17, 15) is 13.2 Å². The Bertz CT molecular complexity index is 869. The predicted octanol–water partition coefficient (Wildman–Crippen LogP) is 3.09. The topological polar surface area (TPSA) is 95.7 Å². The highest BCUT2D eigenvalue weighted by Gasteiger charge is 2.08. The summed E-state index contributed by atoms with van der Waals surface area (Å²) < 4.78 is 33.0. The molecule has 2 rings (SSSR count). The van der Waals surface area contributed by atoms with Crippen molar-refractivity contribution in [3.8, 4) is 11.5 Å². The van der Waals surface area contributed by atoms with Crippen LogP contribution in [0.4, 0.5) is 0 Å². The SMILES string of the molecule is CCOC(=O)/C(C)=C/c1ccc(Oc2ccc(S(N)(=O)=O)cc2)cc1. The zero-order chi connectivity index (χ0) is 18.4. The molecule has 0 spiro atoms. The largest absolute Gasteiger partial charge is 0.463 e. The number of hydrogen-bond donors (Lipinski definition) is 1. The maximum absolute atomic E-state index is 11.6. The van der Waals surface area contributed by atoms with Crippen LogP contribution in [0.15, 0.2) is 59.0 Å². The molecule has 132 valence electrons. The maximum atomic E-state index is 11.6. The van der Waals surface area contributed by atoms with Crippen molar-refractivity contribution in [2.24, 2.45) is 5.14 Å². The van der Waals surface area contributed by atoms with Crippen LogP contribution in [-0.2, 0) is 19.6 Å². The molecule has 0 radical (unpaired) electrons. The summed E-state index contributed by atoms with van der Waals surface area (Å²) in [7, 11) is -3.72. The van der Waals surface area contributed by atoms with Gasteiger partial charge in [-0.05, 0) is 61.9 Å². The van der Waals surface area contributed by atoms with Gasteiger partial charge in [0.1, 0.15) is 11.5 Å². The van der Waals surface area contributed by atoms with Crippen molar-refractivity contribution >= 4 is 22.1 Å². The fraction of sp³-hybridized carbons (Fsp3) is 0.167. The number of ether oxygens (including phenoxy) is 2. The van der Waals surface area contributed by atoms with Crippen molar-refractivity contribution in [2.45, 2.75) is 18.7 Å². The molecule has 2 aromatic carbocycles. The molecule has 0 atom stereocenters. The van der Waals surface area contributed by atoms with Gasteiger partial charge in [-0.3, -0.25) is 0 Å². The molecule has 7 heteroatoms. The van der Waals surface area contributed by atoms with Gasteiger partial charge >= 0.3 is 5.97 Å². The van der Waals surface area contributed by atoms with E-state index in [1.807, 2.05) is 0 Å². The number of primary sulfonamides is 1. The van der Waals surface area contributed by atoms with E-state index in [0.29, 0.717) is 23.7 Å². The van der Waals surface area contributed by atoms with E-state index in [-0.39, 0.29) is 10.9 Å². The second kappa shape index (κ2) is 7.96. The Balaban J connectivity index is 2.08. The quantitative estimate of drug-likeness (QED) is 0.630. The number of carbonyl (C=O) groups excluding carboxylic acids is 1. The zero-order valence-corrected chi connectivity index (χ0v) is 14.7. The zero-order valence-electron chi connectivity index (χ0n) is 13.9. The Morgan fingerprint density at radius 1 is 1.04 bits per heavy atom. The summed E-state index contributed by atoms with van der Waals surface area (Å²) in [5.41, 5.74) is 1.34.